The molecule has 1 saturated heterocycles. The van der Waals surface area contributed by atoms with Crippen molar-refractivity contribution in [1.29, 1.82) is 0 Å². The SMILES string of the molecule is CC(C)c1ccc(NC(=O)N2CCC[C@@H]2C(=O)Nc2ccc(-c3ccc(O)c(N)c3)cc2)cc1. The van der Waals surface area contributed by atoms with Crippen LogP contribution in [0.4, 0.5) is 21.9 Å². The summed E-state index contributed by atoms with van der Waals surface area (Å²) in [6.45, 7) is 4.78. The van der Waals surface area contributed by atoms with Gasteiger partial charge in [0, 0.05) is 17.9 Å². The van der Waals surface area contributed by atoms with Gasteiger partial charge in [0.25, 0.3) is 0 Å². The number of likely N-dealkylation sites (tertiary alicyclic amines) is 1. The molecule has 3 amide bonds. The van der Waals surface area contributed by atoms with Gasteiger partial charge in [0.1, 0.15) is 11.8 Å². The zero-order valence-corrected chi connectivity index (χ0v) is 19.4. The van der Waals surface area contributed by atoms with Crippen molar-refractivity contribution < 1.29 is 14.7 Å². The smallest absolute Gasteiger partial charge is 0.322 e. The summed E-state index contributed by atoms with van der Waals surface area (Å²) in [5.74, 6) is 0.263. The van der Waals surface area contributed by atoms with Gasteiger partial charge in [-0.2, -0.15) is 0 Å². The van der Waals surface area contributed by atoms with Crippen LogP contribution in [0.25, 0.3) is 11.1 Å². The van der Waals surface area contributed by atoms with Crippen molar-refractivity contribution in [3.63, 3.8) is 0 Å². The number of nitrogens with two attached hydrogens (primary N) is 1. The van der Waals surface area contributed by atoms with Crippen LogP contribution in [0.3, 0.4) is 0 Å². The molecule has 3 aromatic rings. The lowest BCUT2D eigenvalue weighted by molar-refractivity contribution is -0.119. The molecule has 1 atom stereocenters. The molecule has 0 saturated carbocycles. The first-order valence-electron chi connectivity index (χ1n) is 11.5. The molecule has 1 heterocycles. The number of carbonyl (C=O) groups is 2. The third-order valence-corrected chi connectivity index (χ3v) is 6.16. The number of aromatic hydroxyl groups is 1. The van der Waals surface area contributed by atoms with E-state index in [0.29, 0.717) is 35.9 Å². The largest absolute Gasteiger partial charge is 0.506 e. The van der Waals surface area contributed by atoms with Crippen molar-refractivity contribution in [3.05, 3.63) is 72.3 Å². The fourth-order valence-corrected chi connectivity index (χ4v) is 4.13. The van der Waals surface area contributed by atoms with Crippen LogP contribution in [0.5, 0.6) is 5.75 Å². The number of benzene rings is 3. The number of nitrogen functional groups attached to an aromatic ring is 1. The Balaban J connectivity index is 1.39. The zero-order valence-electron chi connectivity index (χ0n) is 19.4. The molecule has 1 fully saturated rings. The maximum Gasteiger partial charge on any atom is 0.322 e. The number of urea groups is 1. The minimum absolute atomic E-state index is 0.0466. The van der Waals surface area contributed by atoms with Gasteiger partial charge in [0.15, 0.2) is 0 Å². The maximum absolute atomic E-state index is 13.0. The van der Waals surface area contributed by atoms with Crippen molar-refractivity contribution in [1.82, 2.24) is 4.90 Å². The van der Waals surface area contributed by atoms with Crippen molar-refractivity contribution in [2.24, 2.45) is 0 Å². The van der Waals surface area contributed by atoms with E-state index >= 15 is 0 Å². The van der Waals surface area contributed by atoms with E-state index in [-0.39, 0.29) is 17.7 Å². The van der Waals surface area contributed by atoms with Gasteiger partial charge in [-0.3, -0.25) is 4.79 Å². The number of hydrogen-bond acceptors (Lipinski definition) is 4. The summed E-state index contributed by atoms with van der Waals surface area (Å²) in [6, 6.07) is 19.4. The van der Waals surface area contributed by atoms with E-state index in [2.05, 4.69) is 24.5 Å². The Morgan fingerprint density at radius 1 is 0.941 bits per heavy atom. The molecule has 1 aliphatic heterocycles. The lowest BCUT2D eigenvalue weighted by Crippen LogP contribution is -2.45. The average molecular weight is 459 g/mol. The molecule has 7 heteroatoms. The minimum atomic E-state index is -0.522. The second-order valence-electron chi connectivity index (χ2n) is 8.90. The van der Waals surface area contributed by atoms with Crippen molar-refractivity contribution >= 4 is 29.0 Å². The van der Waals surface area contributed by atoms with Gasteiger partial charge in [0.05, 0.1) is 5.69 Å². The van der Waals surface area contributed by atoms with Crippen LogP contribution >= 0.6 is 0 Å². The van der Waals surface area contributed by atoms with Crippen molar-refractivity contribution in [2.75, 3.05) is 22.9 Å². The highest BCUT2D eigenvalue weighted by atomic mass is 16.3. The summed E-state index contributed by atoms with van der Waals surface area (Å²) >= 11 is 0. The first-order chi connectivity index (χ1) is 16.3. The monoisotopic (exact) mass is 458 g/mol. The standard InChI is InChI=1S/C27H30N4O3/c1-17(2)18-5-10-22(11-6-18)30-27(34)31-15-3-4-24(31)26(33)29-21-12-7-19(8-13-21)20-9-14-25(32)23(28)16-20/h5-14,16-17,24,32H,3-4,15,28H2,1-2H3,(H,29,33)(H,30,34)/t24-/m1/s1. The van der Waals surface area contributed by atoms with E-state index in [9.17, 15) is 14.7 Å². The molecule has 0 radical (unpaired) electrons. The molecule has 7 nitrogen and oxygen atoms in total. The van der Waals surface area contributed by atoms with Crippen LogP contribution in [0.2, 0.25) is 0 Å². The second-order valence-corrected chi connectivity index (χ2v) is 8.90. The molecule has 0 aliphatic carbocycles. The Kier molecular flexibility index (Phi) is 6.72. The first kappa shape index (κ1) is 23.2. The number of nitrogens with zero attached hydrogens (tertiary/aromatic N) is 1. The Labute approximate surface area is 199 Å². The minimum Gasteiger partial charge on any atom is -0.506 e. The number of phenolic OH excluding ortho intramolecular Hbond substituents is 1. The van der Waals surface area contributed by atoms with Gasteiger partial charge in [-0.25, -0.2) is 4.79 Å². The molecule has 0 spiro atoms. The lowest BCUT2D eigenvalue weighted by atomic mass is 10.0. The number of anilines is 3. The molecule has 0 unspecified atom stereocenters. The molecule has 176 valence electrons. The molecule has 0 bridgehead atoms. The summed E-state index contributed by atoms with van der Waals surface area (Å²) in [5, 5.41) is 15.4. The lowest BCUT2D eigenvalue weighted by Gasteiger charge is -2.24. The van der Waals surface area contributed by atoms with Crippen LogP contribution in [-0.4, -0.2) is 34.5 Å². The van der Waals surface area contributed by atoms with Gasteiger partial charge in [-0.05, 0) is 71.8 Å². The van der Waals surface area contributed by atoms with Crippen molar-refractivity contribution in [2.45, 2.75) is 38.6 Å². The van der Waals surface area contributed by atoms with Crippen molar-refractivity contribution in [3.8, 4) is 16.9 Å². The predicted octanol–water partition coefficient (Wildman–Crippen LogP) is 5.40. The van der Waals surface area contributed by atoms with Gasteiger partial charge >= 0.3 is 6.03 Å². The predicted molar refractivity (Wildman–Crippen MR) is 136 cm³/mol. The molecule has 34 heavy (non-hydrogen) atoms. The highest BCUT2D eigenvalue weighted by Crippen LogP contribution is 2.29. The van der Waals surface area contributed by atoms with Gasteiger partial charge in [-0.15, -0.1) is 0 Å². The van der Waals surface area contributed by atoms with Crippen LogP contribution in [0.1, 0.15) is 38.2 Å². The van der Waals surface area contributed by atoms with Crippen LogP contribution < -0.4 is 16.4 Å². The molecule has 5 N–H and O–H groups in total. The topological polar surface area (TPSA) is 108 Å². The molecule has 3 aromatic carbocycles. The molecular formula is C27H30N4O3. The number of nitrogens with one attached hydrogen (secondary N) is 2. The van der Waals surface area contributed by atoms with E-state index < -0.39 is 6.04 Å². The third kappa shape index (κ3) is 5.14. The van der Waals surface area contributed by atoms with E-state index in [1.54, 1.807) is 23.1 Å². The van der Waals surface area contributed by atoms with Gasteiger partial charge in [-0.1, -0.05) is 44.2 Å². The maximum atomic E-state index is 13.0. The molecular weight excluding hydrogens is 428 g/mol. The number of carbonyl (C=O) groups excluding carboxylic acids is 2. The van der Waals surface area contributed by atoms with E-state index in [0.717, 1.165) is 17.5 Å². The fourth-order valence-electron chi connectivity index (χ4n) is 4.13. The zero-order chi connectivity index (χ0) is 24.2. The summed E-state index contributed by atoms with van der Waals surface area (Å²) in [6.07, 6.45) is 1.40. The Morgan fingerprint density at radius 2 is 1.56 bits per heavy atom. The van der Waals surface area contributed by atoms with Crippen LogP contribution in [-0.2, 0) is 4.79 Å². The molecule has 0 aromatic heterocycles. The van der Waals surface area contributed by atoms with Crippen LogP contribution in [0, 0.1) is 0 Å². The number of phenols is 1. The number of rotatable bonds is 5. The van der Waals surface area contributed by atoms with E-state index in [1.165, 1.54) is 5.56 Å². The Bertz CT molecular complexity index is 1170. The molecule has 1 aliphatic rings. The fraction of sp³-hybridized carbons (Fsp3) is 0.259. The normalized spacial score (nSPS) is 15.4. The second kappa shape index (κ2) is 9.87. The number of amides is 3. The highest BCUT2D eigenvalue weighted by Gasteiger charge is 2.34. The summed E-state index contributed by atoms with van der Waals surface area (Å²) < 4.78 is 0. The highest BCUT2D eigenvalue weighted by molar-refractivity contribution is 5.99. The van der Waals surface area contributed by atoms with E-state index in [4.69, 9.17) is 5.73 Å². The quantitative estimate of drug-likeness (QED) is 0.303. The summed E-state index contributed by atoms with van der Waals surface area (Å²) in [5.41, 5.74) is 10.4. The van der Waals surface area contributed by atoms with E-state index in [1.807, 2.05) is 48.5 Å². The van der Waals surface area contributed by atoms with Crippen LogP contribution in [0.15, 0.2) is 66.7 Å². The summed E-state index contributed by atoms with van der Waals surface area (Å²) in [4.78, 5) is 27.4. The third-order valence-electron chi connectivity index (χ3n) is 6.16. The van der Waals surface area contributed by atoms with Gasteiger partial charge in [0.2, 0.25) is 5.91 Å². The molecule has 4 rings (SSSR count). The first-order valence-corrected chi connectivity index (χ1v) is 11.5. The Hall–Kier alpha value is -4.00. The van der Waals surface area contributed by atoms with Gasteiger partial charge < -0.3 is 26.4 Å². The summed E-state index contributed by atoms with van der Waals surface area (Å²) in [7, 11) is 0. The Morgan fingerprint density at radius 3 is 2.21 bits per heavy atom. The average Bonchev–Trinajstić information content (AvgIpc) is 3.32. The number of hydrogen-bond donors (Lipinski definition) is 4.